The third-order valence-electron chi connectivity index (χ3n) is 6.14. The van der Waals surface area contributed by atoms with Gasteiger partial charge in [0.25, 0.3) is 15.7 Å². The molecule has 0 saturated carbocycles. The van der Waals surface area contributed by atoms with E-state index in [0.29, 0.717) is 31.0 Å². The van der Waals surface area contributed by atoms with Crippen LogP contribution in [0.1, 0.15) is 12.0 Å². The summed E-state index contributed by atoms with van der Waals surface area (Å²) in [5.74, 6) is 0. The van der Waals surface area contributed by atoms with Gasteiger partial charge in [0, 0.05) is 68.6 Å². The Morgan fingerprint density at radius 2 is 2.00 bits per heavy atom. The number of morpholine rings is 1. The lowest BCUT2D eigenvalue weighted by Gasteiger charge is -2.28. The molecule has 2 aromatic heterocycles. The van der Waals surface area contributed by atoms with Crippen molar-refractivity contribution in [3.63, 3.8) is 0 Å². The van der Waals surface area contributed by atoms with Crippen LogP contribution in [0.4, 0.5) is 11.4 Å². The fourth-order valence-corrected chi connectivity index (χ4v) is 5.59. The zero-order valence-corrected chi connectivity index (χ0v) is 22.9. The summed E-state index contributed by atoms with van der Waals surface area (Å²) in [6, 6.07) is 7.54. The van der Waals surface area contributed by atoms with Crippen molar-refractivity contribution < 1.29 is 18.1 Å². The van der Waals surface area contributed by atoms with Gasteiger partial charge in [0.15, 0.2) is 0 Å². The number of non-ortho nitro benzene ring substituents is 1. The quantitative estimate of drug-likeness (QED) is 0.199. The molecule has 37 heavy (non-hydrogen) atoms. The highest BCUT2D eigenvalue weighted by molar-refractivity contribution is 9.10. The molecule has 0 amide bonds. The molecule has 198 valence electrons. The van der Waals surface area contributed by atoms with Crippen LogP contribution >= 0.6 is 15.9 Å². The average Bonchev–Trinajstić information content (AvgIpc) is 3.29. The Labute approximate surface area is 223 Å². The number of ether oxygens (including phenoxy) is 1. The number of fused-ring (bicyclic) bond motifs is 1. The van der Waals surface area contributed by atoms with Crippen LogP contribution < -0.4 is 4.90 Å². The highest BCUT2D eigenvalue weighted by Gasteiger charge is 2.27. The molecule has 1 aliphatic heterocycles. The maximum Gasteiger partial charge on any atom is 0.281 e. The van der Waals surface area contributed by atoms with Crippen molar-refractivity contribution in [3.8, 4) is 0 Å². The summed E-state index contributed by atoms with van der Waals surface area (Å²) in [5.41, 5.74) is 1.41. The minimum atomic E-state index is -4.20. The van der Waals surface area contributed by atoms with E-state index >= 15 is 0 Å². The largest absolute Gasteiger partial charge is 0.379 e. The van der Waals surface area contributed by atoms with Crippen LogP contribution in [-0.4, -0.2) is 92.0 Å². The molecular weight excluding hydrogens is 566 g/mol. The number of hydrazone groups is 1. The Bertz CT molecular complexity index is 1410. The van der Waals surface area contributed by atoms with E-state index in [2.05, 4.69) is 31.0 Å². The molecule has 1 aromatic carbocycles. The number of nitro benzene ring substituents is 1. The number of halogens is 1. The lowest BCUT2D eigenvalue weighted by molar-refractivity contribution is -0.385. The third kappa shape index (κ3) is 6.26. The van der Waals surface area contributed by atoms with E-state index in [1.165, 1.54) is 25.4 Å². The molecular formula is C23H28BrN7O5S. The Kier molecular flexibility index (Phi) is 8.42. The highest BCUT2D eigenvalue weighted by Crippen LogP contribution is 2.31. The van der Waals surface area contributed by atoms with E-state index in [4.69, 9.17) is 4.74 Å². The van der Waals surface area contributed by atoms with Crippen molar-refractivity contribution in [3.05, 3.63) is 62.9 Å². The molecule has 3 heterocycles. The summed E-state index contributed by atoms with van der Waals surface area (Å²) in [7, 11) is -1.13. The second-order valence-corrected chi connectivity index (χ2v) is 11.4. The van der Waals surface area contributed by atoms with Gasteiger partial charge in [-0.3, -0.25) is 15.0 Å². The normalized spacial score (nSPS) is 14.9. The molecule has 0 spiro atoms. The first-order valence-electron chi connectivity index (χ1n) is 11.6. The SMILES string of the molecule is CN(CCCN1CCOCC1)c1ccc([N+](=O)[O-])cc1S(=O)(=O)N(C)/N=C/c1cnn2ccc(Br)cc12. The molecule has 0 atom stereocenters. The van der Waals surface area contributed by atoms with E-state index in [9.17, 15) is 18.5 Å². The van der Waals surface area contributed by atoms with Crippen molar-refractivity contribution in [2.75, 3.05) is 58.4 Å². The molecule has 0 radical (unpaired) electrons. The molecule has 3 aromatic rings. The van der Waals surface area contributed by atoms with Crippen molar-refractivity contribution in [2.45, 2.75) is 11.3 Å². The first kappa shape index (κ1) is 27.0. The van der Waals surface area contributed by atoms with Gasteiger partial charge in [-0.2, -0.15) is 23.0 Å². The van der Waals surface area contributed by atoms with E-state index in [-0.39, 0.29) is 10.6 Å². The van der Waals surface area contributed by atoms with Crippen LogP contribution in [0, 0.1) is 10.1 Å². The number of nitro groups is 1. The molecule has 1 saturated heterocycles. The lowest BCUT2D eigenvalue weighted by atomic mass is 10.2. The topological polar surface area (TPSA) is 126 Å². The smallest absolute Gasteiger partial charge is 0.281 e. The fourth-order valence-electron chi connectivity index (χ4n) is 4.04. The third-order valence-corrected chi connectivity index (χ3v) is 8.30. The fraction of sp³-hybridized carbons (Fsp3) is 0.391. The van der Waals surface area contributed by atoms with E-state index in [1.54, 1.807) is 28.9 Å². The monoisotopic (exact) mass is 593 g/mol. The molecule has 1 fully saturated rings. The maximum absolute atomic E-state index is 13.5. The second kappa shape index (κ2) is 11.5. The van der Waals surface area contributed by atoms with Gasteiger partial charge in [-0.05, 0) is 24.6 Å². The summed E-state index contributed by atoms with van der Waals surface area (Å²) in [4.78, 5) is 14.7. The lowest BCUT2D eigenvalue weighted by Crippen LogP contribution is -2.38. The standard InChI is InChI=1S/C23H28BrN7O5S/c1-27(7-3-8-29-10-12-36-13-11-29)21-5-4-20(31(32)33)15-23(21)37(34,35)28(2)25-16-18-17-26-30-9-6-19(24)14-22(18)30/h4-6,9,14-17H,3,7-8,10-13H2,1-2H3/b25-16+. The van der Waals surface area contributed by atoms with Gasteiger partial charge in [0.2, 0.25) is 0 Å². The number of nitrogens with zero attached hydrogens (tertiary/aromatic N) is 7. The van der Waals surface area contributed by atoms with Crippen molar-refractivity contribution >= 4 is 49.1 Å². The van der Waals surface area contributed by atoms with Crippen LogP contribution in [0.2, 0.25) is 0 Å². The summed E-state index contributed by atoms with van der Waals surface area (Å²) in [6.07, 6.45) is 5.54. The number of hydrogen-bond donors (Lipinski definition) is 0. The number of sulfonamides is 1. The first-order chi connectivity index (χ1) is 17.7. The number of rotatable bonds is 10. The van der Waals surface area contributed by atoms with Gasteiger partial charge in [0.05, 0.1) is 41.8 Å². The van der Waals surface area contributed by atoms with Crippen molar-refractivity contribution in [1.82, 2.24) is 18.9 Å². The summed E-state index contributed by atoms with van der Waals surface area (Å²) >= 11 is 3.41. The molecule has 0 unspecified atom stereocenters. The molecule has 0 bridgehead atoms. The summed E-state index contributed by atoms with van der Waals surface area (Å²) in [5, 5.41) is 19.8. The number of benzene rings is 1. The number of anilines is 1. The van der Waals surface area contributed by atoms with Gasteiger partial charge >= 0.3 is 0 Å². The second-order valence-electron chi connectivity index (χ2n) is 8.60. The number of aromatic nitrogens is 2. The summed E-state index contributed by atoms with van der Waals surface area (Å²) < 4.78 is 35.8. The average molecular weight is 594 g/mol. The molecule has 1 aliphatic rings. The van der Waals surface area contributed by atoms with Crippen LogP contribution in [0.5, 0.6) is 0 Å². The Balaban J connectivity index is 1.57. The molecule has 0 aliphatic carbocycles. The minimum Gasteiger partial charge on any atom is -0.379 e. The van der Waals surface area contributed by atoms with Crippen LogP contribution in [0.3, 0.4) is 0 Å². The van der Waals surface area contributed by atoms with Crippen LogP contribution in [0.15, 0.2) is 57.2 Å². The van der Waals surface area contributed by atoms with Gasteiger partial charge in [0.1, 0.15) is 4.90 Å². The van der Waals surface area contributed by atoms with Crippen molar-refractivity contribution in [1.29, 1.82) is 0 Å². The molecule has 0 N–H and O–H groups in total. The van der Waals surface area contributed by atoms with Gasteiger partial charge < -0.3 is 9.64 Å². The molecule has 14 heteroatoms. The Hall–Kier alpha value is -3.07. The number of pyridine rings is 1. The Morgan fingerprint density at radius 1 is 1.24 bits per heavy atom. The van der Waals surface area contributed by atoms with E-state index in [0.717, 1.165) is 46.5 Å². The molecule has 4 rings (SSSR count). The summed E-state index contributed by atoms with van der Waals surface area (Å²) in [6.45, 7) is 4.57. The minimum absolute atomic E-state index is 0.183. The van der Waals surface area contributed by atoms with Gasteiger partial charge in [-0.25, -0.2) is 4.52 Å². The maximum atomic E-state index is 13.5. The predicted molar refractivity (Wildman–Crippen MR) is 144 cm³/mol. The zero-order chi connectivity index (χ0) is 26.6. The first-order valence-corrected chi connectivity index (χ1v) is 13.9. The van der Waals surface area contributed by atoms with Gasteiger partial charge in [-0.15, -0.1) is 0 Å². The van der Waals surface area contributed by atoms with Crippen LogP contribution in [-0.2, 0) is 14.8 Å². The zero-order valence-electron chi connectivity index (χ0n) is 20.5. The molecule has 12 nitrogen and oxygen atoms in total. The van der Waals surface area contributed by atoms with Crippen LogP contribution in [0.25, 0.3) is 5.52 Å². The number of hydrogen-bond acceptors (Lipinski definition) is 9. The van der Waals surface area contributed by atoms with Crippen molar-refractivity contribution in [2.24, 2.45) is 5.10 Å². The predicted octanol–water partition coefficient (Wildman–Crippen LogP) is 2.82. The van der Waals surface area contributed by atoms with E-state index < -0.39 is 14.9 Å². The van der Waals surface area contributed by atoms with Gasteiger partial charge in [-0.1, -0.05) is 15.9 Å². The Morgan fingerprint density at radius 3 is 2.73 bits per heavy atom. The van der Waals surface area contributed by atoms with E-state index in [1.807, 2.05) is 12.1 Å². The highest BCUT2D eigenvalue weighted by atomic mass is 79.9.